The van der Waals surface area contributed by atoms with Gasteiger partial charge in [-0.3, -0.25) is 0 Å². The Balaban J connectivity index is 0.000000509. The van der Waals surface area contributed by atoms with Crippen LogP contribution in [0.15, 0.2) is 0 Å². The van der Waals surface area contributed by atoms with Gasteiger partial charge >= 0.3 is 0 Å². The summed E-state index contributed by atoms with van der Waals surface area (Å²) in [7, 11) is 2.24. The highest BCUT2D eigenvalue weighted by molar-refractivity contribution is 4.88. The van der Waals surface area contributed by atoms with Gasteiger partial charge in [0.25, 0.3) is 0 Å². The molecule has 0 unspecified atom stereocenters. The molecule has 0 atom stereocenters. The molecule has 98 valence electrons. The molecule has 0 aromatic heterocycles. The minimum absolute atomic E-state index is 0.734. The first-order chi connectivity index (χ1) is 7.81. The van der Waals surface area contributed by atoms with Gasteiger partial charge in [-0.1, -0.05) is 27.7 Å². The molecule has 0 aromatic rings. The van der Waals surface area contributed by atoms with E-state index in [2.05, 4.69) is 17.3 Å². The molecule has 2 fully saturated rings. The van der Waals surface area contributed by atoms with Gasteiger partial charge in [-0.2, -0.15) is 0 Å². The van der Waals surface area contributed by atoms with Crippen LogP contribution in [0.2, 0.25) is 0 Å². The Morgan fingerprint density at radius 1 is 0.812 bits per heavy atom. The van der Waals surface area contributed by atoms with Gasteiger partial charge in [0.15, 0.2) is 0 Å². The molecule has 2 heteroatoms. The zero-order chi connectivity index (χ0) is 12.4. The summed E-state index contributed by atoms with van der Waals surface area (Å²) in [5, 5.41) is 3.45. The molecule has 1 spiro atoms. The lowest BCUT2D eigenvalue weighted by Crippen LogP contribution is -2.44. The average molecular weight is 228 g/mol. The van der Waals surface area contributed by atoms with Gasteiger partial charge in [-0.05, 0) is 64.3 Å². The van der Waals surface area contributed by atoms with E-state index in [0.29, 0.717) is 0 Å². The fourth-order valence-corrected chi connectivity index (χ4v) is 2.55. The van der Waals surface area contributed by atoms with Crippen LogP contribution in [0.1, 0.15) is 53.4 Å². The Labute approximate surface area is 103 Å². The van der Waals surface area contributed by atoms with Gasteiger partial charge in [0.05, 0.1) is 0 Å². The summed E-state index contributed by atoms with van der Waals surface area (Å²) in [6.07, 6.45) is 5.71. The van der Waals surface area contributed by atoms with Gasteiger partial charge in [-0.25, -0.2) is 0 Å². The molecular formula is C14H32N2. The smallest absolute Gasteiger partial charge is 0.00165 e. The highest BCUT2D eigenvalue weighted by Gasteiger charge is 2.34. The predicted octanol–water partition coefficient (Wildman–Crippen LogP) is 3.13. The van der Waals surface area contributed by atoms with E-state index < -0.39 is 0 Å². The second-order valence-electron chi connectivity index (χ2n) is 4.55. The largest absolute Gasteiger partial charge is 0.317 e. The first-order valence-electron chi connectivity index (χ1n) is 7.20. The summed E-state index contributed by atoms with van der Waals surface area (Å²) < 4.78 is 0. The van der Waals surface area contributed by atoms with E-state index in [4.69, 9.17) is 0 Å². The van der Waals surface area contributed by atoms with E-state index in [1.807, 2.05) is 27.7 Å². The summed E-state index contributed by atoms with van der Waals surface area (Å²) >= 11 is 0. The number of hydrogen-bond acceptors (Lipinski definition) is 2. The molecule has 0 aliphatic carbocycles. The molecule has 2 rings (SSSR count). The topological polar surface area (TPSA) is 15.3 Å². The van der Waals surface area contributed by atoms with Crippen molar-refractivity contribution in [2.45, 2.75) is 53.4 Å². The lowest BCUT2D eigenvalue weighted by Gasteiger charge is -2.43. The molecule has 2 saturated heterocycles. The van der Waals surface area contributed by atoms with E-state index in [-0.39, 0.29) is 0 Å². The maximum Gasteiger partial charge on any atom is -0.00165 e. The zero-order valence-corrected chi connectivity index (χ0v) is 12.1. The van der Waals surface area contributed by atoms with Gasteiger partial charge in [0.2, 0.25) is 0 Å². The van der Waals surface area contributed by atoms with Crippen LogP contribution in [0.4, 0.5) is 0 Å². The molecule has 2 nitrogen and oxygen atoms in total. The van der Waals surface area contributed by atoms with E-state index in [1.54, 1.807) is 0 Å². The Kier molecular flexibility index (Phi) is 8.96. The molecule has 0 bridgehead atoms. The van der Waals surface area contributed by atoms with Crippen molar-refractivity contribution in [3.8, 4) is 0 Å². The fourth-order valence-electron chi connectivity index (χ4n) is 2.55. The number of hydrogen-bond donors (Lipinski definition) is 1. The number of likely N-dealkylation sites (tertiary alicyclic amines) is 1. The SMILES string of the molecule is CC.CC.CN1CCC2(CCNCC2)CC1. The van der Waals surface area contributed by atoms with Crippen molar-refractivity contribution in [2.24, 2.45) is 5.41 Å². The first kappa shape index (κ1) is 15.9. The Bertz CT molecular complexity index is 141. The molecule has 0 saturated carbocycles. The van der Waals surface area contributed by atoms with E-state index in [1.165, 1.54) is 51.9 Å². The van der Waals surface area contributed by atoms with Crippen LogP contribution in [0.3, 0.4) is 0 Å². The highest BCUT2D eigenvalue weighted by atomic mass is 15.1. The predicted molar refractivity (Wildman–Crippen MR) is 74.0 cm³/mol. The lowest BCUT2D eigenvalue weighted by molar-refractivity contribution is 0.0876. The van der Waals surface area contributed by atoms with Crippen LogP contribution in [0.25, 0.3) is 0 Å². The van der Waals surface area contributed by atoms with Crippen LogP contribution in [-0.2, 0) is 0 Å². The third kappa shape index (κ3) is 4.84. The summed E-state index contributed by atoms with van der Waals surface area (Å²) in [4.78, 5) is 2.47. The van der Waals surface area contributed by atoms with Gasteiger partial charge < -0.3 is 10.2 Å². The van der Waals surface area contributed by atoms with Crippen LogP contribution in [-0.4, -0.2) is 38.1 Å². The third-order valence-corrected chi connectivity index (χ3v) is 3.71. The highest BCUT2D eigenvalue weighted by Crippen LogP contribution is 2.38. The molecule has 16 heavy (non-hydrogen) atoms. The van der Waals surface area contributed by atoms with Crippen LogP contribution in [0, 0.1) is 5.41 Å². The van der Waals surface area contributed by atoms with E-state index in [0.717, 1.165) is 5.41 Å². The van der Waals surface area contributed by atoms with Crippen molar-refractivity contribution in [2.75, 3.05) is 33.2 Å². The van der Waals surface area contributed by atoms with Crippen molar-refractivity contribution < 1.29 is 0 Å². The van der Waals surface area contributed by atoms with Crippen molar-refractivity contribution in [1.82, 2.24) is 10.2 Å². The minimum Gasteiger partial charge on any atom is -0.317 e. The maximum absolute atomic E-state index is 3.45. The van der Waals surface area contributed by atoms with Gasteiger partial charge in [-0.15, -0.1) is 0 Å². The normalized spacial score (nSPS) is 23.8. The maximum atomic E-state index is 3.45. The second-order valence-corrected chi connectivity index (χ2v) is 4.55. The second kappa shape index (κ2) is 9.00. The molecule has 0 aromatic carbocycles. The van der Waals surface area contributed by atoms with Crippen LogP contribution >= 0.6 is 0 Å². The number of nitrogens with zero attached hydrogens (tertiary/aromatic N) is 1. The lowest BCUT2D eigenvalue weighted by atomic mass is 9.72. The fraction of sp³-hybridized carbons (Fsp3) is 1.00. The van der Waals surface area contributed by atoms with Gasteiger partial charge in [0, 0.05) is 0 Å². The molecule has 0 amide bonds. The van der Waals surface area contributed by atoms with Crippen molar-refractivity contribution in [1.29, 1.82) is 0 Å². The standard InChI is InChI=1S/C10H20N2.2C2H6/c1-12-8-4-10(5-9-12)2-6-11-7-3-10;2*1-2/h11H,2-9H2,1H3;2*1-2H3. The Morgan fingerprint density at radius 3 is 1.69 bits per heavy atom. The molecule has 2 heterocycles. The Morgan fingerprint density at radius 2 is 1.25 bits per heavy atom. The van der Waals surface area contributed by atoms with E-state index >= 15 is 0 Å². The number of rotatable bonds is 0. The molecular weight excluding hydrogens is 196 g/mol. The summed E-state index contributed by atoms with van der Waals surface area (Å²) in [5.74, 6) is 0. The number of piperidine rings is 2. The quantitative estimate of drug-likeness (QED) is 0.685. The van der Waals surface area contributed by atoms with E-state index in [9.17, 15) is 0 Å². The monoisotopic (exact) mass is 228 g/mol. The minimum atomic E-state index is 0.734. The zero-order valence-electron chi connectivity index (χ0n) is 12.1. The van der Waals surface area contributed by atoms with Gasteiger partial charge in [0.1, 0.15) is 0 Å². The molecule has 1 N–H and O–H groups in total. The molecule has 2 aliphatic rings. The molecule has 0 radical (unpaired) electrons. The van der Waals surface area contributed by atoms with Crippen LogP contribution in [0.5, 0.6) is 0 Å². The summed E-state index contributed by atoms with van der Waals surface area (Å²) in [6, 6.07) is 0. The van der Waals surface area contributed by atoms with Crippen molar-refractivity contribution in [3.05, 3.63) is 0 Å². The summed E-state index contributed by atoms with van der Waals surface area (Å²) in [5.41, 5.74) is 0.734. The molecule has 2 aliphatic heterocycles. The van der Waals surface area contributed by atoms with Crippen molar-refractivity contribution in [3.63, 3.8) is 0 Å². The van der Waals surface area contributed by atoms with Crippen LogP contribution < -0.4 is 5.32 Å². The van der Waals surface area contributed by atoms with Crippen molar-refractivity contribution >= 4 is 0 Å². The average Bonchev–Trinajstić information content (AvgIpc) is 2.39. The number of nitrogens with one attached hydrogen (secondary N) is 1. The first-order valence-corrected chi connectivity index (χ1v) is 7.20. The third-order valence-electron chi connectivity index (χ3n) is 3.71. The Hall–Kier alpha value is -0.0800. The summed E-state index contributed by atoms with van der Waals surface area (Å²) in [6.45, 7) is 13.1.